The van der Waals surface area contributed by atoms with E-state index in [0.29, 0.717) is 30.1 Å². The van der Waals surface area contributed by atoms with E-state index in [9.17, 15) is 22.8 Å². The van der Waals surface area contributed by atoms with Crippen LogP contribution in [0.4, 0.5) is 18.9 Å². The second-order valence-electron chi connectivity index (χ2n) is 8.73. The predicted octanol–water partition coefficient (Wildman–Crippen LogP) is 4.54. The van der Waals surface area contributed by atoms with E-state index < -0.39 is 23.6 Å². The largest absolute Gasteiger partial charge is 0.497 e. The molecule has 2 aromatic carbocycles. The Morgan fingerprint density at radius 1 is 1.15 bits per heavy atom. The first-order valence-electron chi connectivity index (χ1n) is 10.8. The Balaban J connectivity index is 2.15. The smallest absolute Gasteiger partial charge is 0.416 e. The molecule has 0 saturated carbocycles. The normalized spacial score (nSPS) is 18.8. The maximum atomic E-state index is 13.8. The van der Waals surface area contributed by atoms with Gasteiger partial charge in [0.2, 0.25) is 5.91 Å². The summed E-state index contributed by atoms with van der Waals surface area (Å²) in [6.45, 7) is 2.28. The number of likely N-dealkylation sites (N-methyl/N-ethyl adjacent to an activating group) is 1. The summed E-state index contributed by atoms with van der Waals surface area (Å²) in [5, 5.41) is 0. The molecule has 1 aliphatic heterocycles. The Morgan fingerprint density at radius 2 is 1.82 bits per heavy atom. The molecule has 1 amide bonds. The van der Waals surface area contributed by atoms with Crippen LogP contribution in [0.1, 0.15) is 36.0 Å². The summed E-state index contributed by atoms with van der Waals surface area (Å²) in [4.78, 5) is 29.3. The van der Waals surface area contributed by atoms with Crippen molar-refractivity contribution in [3.05, 3.63) is 59.2 Å². The van der Waals surface area contributed by atoms with Crippen LogP contribution in [0.2, 0.25) is 0 Å². The van der Waals surface area contributed by atoms with Crippen molar-refractivity contribution in [1.82, 2.24) is 4.90 Å². The van der Waals surface area contributed by atoms with E-state index in [0.717, 1.165) is 17.7 Å². The third-order valence-electron chi connectivity index (χ3n) is 6.03. The van der Waals surface area contributed by atoms with Gasteiger partial charge in [0.1, 0.15) is 11.5 Å². The van der Waals surface area contributed by atoms with Crippen molar-refractivity contribution in [3.8, 4) is 5.75 Å². The van der Waals surface area contributed by atoms with Gasteiger partial charge in [0, 0.05) is 31.1 Å². The molecule has 0 unspecified atom stereocenters. The van der Waals surface area contributed by atoms with Gasteiger partial charge in [-0.25, -0.2) is 0 Å². The molecule has 5 nitrogen and oxygen atoms in total. The molecule has 0 aliphatic carbocycles. The highest BCUT2D eigenvalue weighted by Crippen LogP contribution is 2.42. The number of ketones is 1. The minimum Gasteiger partial charge on any atom is -0.497 e. The van der Waals surface area contributed by atoms with Crippen molar-refractivity contribution in [2.75, 3.05) is 39.2 Å². The lowest BCUT2D eigenvalue weighted by molar-refractivity contribution is -0.137. The number of hydrogen-bond acceptors (Lipinski definition) is 4. The van der Waals surface area contributed by atoms with Gasteiger partial charge in [-0.2, -0.15) is 13.2 Å². The second-order valence-corrected chi connectivity index (χ2v) is 8.73. The number of fused-ring (bicyclic) bond motifs is 1. The fourth-order valence-corrected chi connectivity index (χ4v) is 4.33. The topological polar surface area (TPSA) is 49.9 Å². The molecule has 8 heteroatoms. The number of rotatable bonds is 7. The van der Waals surface area contributed by atoms with E-state index in [1.807, 2.05) is 31.1 Å². The van der Waals surface area contributed by atoms with Gasteiger partial charge in [0.25, 0.3) is 0 Å². The molecule has 0 fully saturated rings. The number of Topliss-reactive ketones (excluding diaryl/α,β-unsaturated/α-hetero) is 1. The summed E-state index contributed by atoms with van der Waals surface area (Å²) in [5.41, 5.74) is 0.955. The number of methoxy groups -OCH3 is 1. The fourth-order valence-electron chi connectivity index (χ4n) is 4.33. The monoisotopic (exact) mass is 462 g/mol. The maximum absolute atomic E-state index is 13.8. The zero-order valence-corrected chi connectivity index (χ0v) is 19.3. The molecule has 2 aromatic rings. The van der Waals surface area contributed by atoms with Crippen LogP contribution in [0.3, 0.4) is 0 Å². The highest BCUT2D eigenvalue weighted by Gasteiger charge is 2.40. The second kappa shape index (κ2) is 9.95. The summed E-state index contributed by atoms with van der Waals surface area (Å²) in [6.07, 6.45) is -4.25. The number of alkyl halides is 3. The molecule has 0 bridgehead atoms. The van der Waals surface area contributed by atoms with Crippen molar-refractivity contribution in [2.45, 2.75) is 31.9 Å². The number of anilines is 1. The Bertz CT molecular complexity index is 1000. The molecule has 0 saturated heterocycles. The summed E-state index contributed by atoms with van der Waals surface area (Å²) >= 11 is 0. The molecule has 0 N–H and O–H groups in total. The molecule has 33 heavy (non-hydrogen) atoms. The number of ether oxygens (including phenoxy) is 1. The standard InChI is InChI=1S/C25H29F3N2O3/c1-16(31)13-22-21(17-5-8-20(33-4)9-6-17)15-18-14-19(25(26,27)28)7-10-23(18)30(24(22)32)12-11-29(2)3/h5-10,14,21-22H,11-13,15H2,1-4H3/t21-,22+/m1/s1. The summed E-state index contributed by atoms with van der Waals surface area (Å²) in [6, 6.07) is 10.7. The van der Waals surface area contributed by atoms with Crippen molar-refractivity contribution in [1.29, 1.82) is 0 Å². The van der Waals surface area contributed by atoms with Crippen LogP contribution in [0, 0.1) is 5.92 Å². The number of carbonyl (C=O) groups excluding carboxylic acids is 2. The SMILES string of the molecule is COc1ccc([C@H]2Cc3cc(C(F)(F)F)ccc3N(CCN(C)C)C(=O)[C@H]2CC(C)=O)cc1. The number of amides is 1. The number of carbonyl (C=O) groups is 2. The molecule has 0 radical (unpaired) electrons. The quantitative estimate of drug-likeness (QED) is 0.606. The van der Waals surface area contributed by atoms with Crippen molar-refractivity contribution in [3.63, 3.8) is 0 Å². The van der Waals surface area contributed by atoms with Gasteiger partial charge in [-0.1, -0.05) is 12.1 Å². The lowest BCUT2D eigenvalue weighted by atomic mass is 9.79. The lowest BCUT2D eigenvalue weighted by Crippen LogP contribution is -2.41. The van der Waals surface area contributed by atoms with Crippen LogP contribution in [0.5, 0.6) is 5.75 Å². The highest BCUT2D eigenvalue weighted by atomic mass is 19.4. The van der Waals surface area contributed by atoms with Gasteiger partial charge in [0.15, 0.2) is 0 Å². The minimum absolute atomic E-state index is 0.0219. The molecular formula is C25H29F3N2O3. The minimum atomic E-state index is -4.49. The first kappa shape index (κ1) is 24.8. The lowest BCUT2D eigenvalue weighted by Gasteiger charge is -2.29. The number of hydrogen-bond donors (Lipinski definition) is 0. The molecule has 2 atom stereocenters. The summed E-state index contributed by atoms with van der Waals surface area (Å²) in [7, 11) is 5.27. The number of benzene rings is 2. The zero-order chi connectivity index (χ0) is 24.3. The van der Waals surface area contributed by atoms with E-state index >= 15 is 0 Å². The molecule has 1 heterocycles. The van der Waals surface area contributed by atoms with Crippen LogP contribution in [-0.4, -0.2) is 50.9 Å². The number of halogens is 3. The Morgan fingerprint density at radius 3 is 2.36 bits per heavy atom. The highest BCUT2D eigenvalue weighted by molar-refractivity contribution is 5.99. The van der Waals surface area contributed by atoms with Gasteiger partial charge in [0.05, 0.1) is 18.6 Å². The van der Waals surface area contributed by atoms with Gasteiger partial charge in [-0.3, -0.25) is 4.79 Å². The zero-order valence-electron chi connectivity index (χ0n) is 19.3. The first-order valence-corrected chi connectivity index (χ1v) is 10.8. The van der Waals surface area contributed by atoms with E-state index in [4.69, 9.17) is 4.74 Å². The number of nitrogens with zero attached hydrogens (tertiary/aromatic N) is 2. The van der Waals surface area contributed by atoms with Crippen LogP contribution >= 0.6 is 0 Å². The van der Waals surface area contributed by atoms with Gasteiger partial charge < -0.3 is 19.3 Å². The third-order valence-corrected chi connectivity index (χ3v) is 6.03. The van der Waals surface area contributed by atoms with Crippen LogP contribution in [0.25, 0.3) is 0 Å². The molecule has 1 aliphatic rings. The predicted molar refractivity (Wildman–Crippen MR) is 121 cm³/mol. The van der Waals surface area contributed by atoms with Gasteiger partial charge in [-0.15, -0.1) is 0 Å². The molecule has 178 valence electrons. The van der Waals surface area contributed by atoms with Gasteiger partial charge in [-0.05, 0) is 68.9 Å². The fraction of sp³-hybridized carbons (Fsp3) is 0.440. The average molecular weight is 463 g/mol. The Labute approximate surface area is 192 Å². The van der Waals surface area contributed by atoms with Crippen LogP contribution in [0.15, 0.2) is 42.5 Å². The molecule has 0 spiro atoms. The van der Waals surface area contributed by atoms with E-state index in [1.165, 1.54) is 13.0 Å². The van der Waals surface area contributed by atoms with Crippen molar-refractivity contribution >= 4 is 17.4 Å². The molecule has 0 aromatic heterocycles. The van der Waals surface area contributed by atoms with Gasteiger partial charge >= 0.3 is 6.18 Å². The Hall–Kier alpha value is -2.87. The molecular weight excluding hydrogens is 433 g/mol. The average Bonchev–Trinajstić information content (AvgIpc) is 2.86. The van der Waals surface area contributed by atoms with E-state index in [-0.39, 0.29) is 24.5 Å². The van der Waals surface area contributed by atoms with E-state index in [1.54, 1.807) is 24.1 Å². The van der Waals surface area contributed by atoms with Crippen LogP contribution in [-0.2, 0) is 22.2 Å². The summed E-state index contributed by atoms with van der Waals surface area (Å²) < 4.78 is 45.7. The van der Waals surface area contributed by atoms with Crippen molar-refractivity contribution < 1.29 is 27.5 Å². The summed E-state index contributed by atoms with van der Waals surface area (Å²) in [5.74, 6) is -0.874. The Kier molecular flexibility index (Phi) is 7.47. The third kappa shape index (κ3) is 5.74. The van der Waals surface area contributed by atoms with Crippen LogP contribution < -0.4 is 9.64 Å². The van der Waals surface area contributed by atoms with E-state index in [2.05, 4.69) is 0 Å². The van der Waals surface area contributed by atoms with Crippen molar-refractivity contribution in [2.24, 2.45) is 5.92 Å². The molecule has 3 rings (SSSR count). The first-order chi connectivity index (χ1) is 15.5. The maximum Gasteiger partial charge on any atom is 0.416 e.